The van der Waals surface area contributed by atoms with E-state index in [1.54, 1.807) is 6.07 Å². The molecule has 0 radical (unpaired) electrons. The quantitative estimate of drug-likeness (QED) is 0.210. The van der Waals surface area contributed by atoms with Gasteiger partial charge in [-0.1, -0.05) is 78.4 Å². The normalized spacial score (nSPS) is 13.5. The van der Waals surface area contributed by atoms with E-state index in [1.165, 1.54) is 18.1 Å². The number of aromatic nitrogens is 1. The molecule has 0 bridgehead atoms. The molecular weight excluding hydrogens is 438 g/mol. The third-order valence-corrected chi connectivity index (χ3v) is 6.14. The highest BCUT2D eigenvalue weighted by molar-refractivity contribution is 5.77. The lowest BCUT2D eigenvalue weighted by Crippen LogP contribution is -2.05. The number of allylic oxidation sites excluding steroid dienone is 2. The van der Waals surface area contributed by atoms with Crippen LogP contribution in [0.4, 0.5) is 0 Å². The van der Waals surface area contributed by atoms with Crippen LogP contribution in [0.25, 0.3) is 28.2 Å². The lowest BCUT2D eigenvalue weighted by Gasteiger charge is -2.20. The van der Waals surface area contributed by atoms with Gasteiger partial charge in [0.25, 0.3) is 0 Å². The fourth-order valence-electron chi connectivity index (χ4n) is 4.55. The number of benzene rings is 3. The van der Waals surface area contributed by atoms with Gasteiger partial charge in [0, 0.05) is 24.5 Å². The summed E-state index contributed by atoms with van der Waals surface area (Å²) in [4.78, 5) is 26.0. The number of carbonyl (C=O) groups excluding carboxylic acids is 1. The lowest BCUT2D eigenvalue weighted by molar-refractivity contribution is -0.210. The SMILES string of the molecule is CC(=O)OOc1cccc(C2=C(Cc3nc(-c4ccccc4)c(-c4ccccc4)o3)CCCC2)c1. The van der Waals surface area contributed by atoms with Crippen molar-refractivity contribution < 1.29 is 19.0 Å². The van der Waals surface area contributed by atoms with E-state index in [-0.39, 0.29) is 0 Å². The molecule has 0 aliphatic heterocycles. The van der Waals surface area contributed by atoms with Crippen LogP contribution in [0.5, 0.6) is 5.75 Å². The summed E-state index contributed by atoms with van der Waals surface area (Å²) in [5.41, 5.74) is 6.59. The van der Waals surface area contributed by atoms with Crippen LogP contribution < -0.4 is 4.89 Å². The highest BCUT2D eigenvalue weighted by Crippen LogP contribution is 2.38. The average molecular weight is 466 g/mol. The monoisotopic (exact) mass is 465 g/mol. The zero-order chi connectivity index (χ0) is 24.0. The molecule has 0 saturated heterocycles. The van der Waals surface area contributed by atoms with Crippen molar-refractivity contribution in [3.8, 4) is 28.3 Å². The van der Waals surface area contributed by atoms with Crippen LogP contribution in [0.15, 0.2) is 94.9 Å². The van der Waals surface area contributed by atoms with Crippen LogP contribution in [0.2, 0.25) is 0 Å². The van der Waals surface area contributed by atoms with Crippen LogP contribution in [-0.4, -0.2) is 11.0 Å². The van der Waals surface area contributed by atoms with E-state index in [4.69, 9.17) is 19.2 Å². The first kappa shape index (κ1) is 22.7. The Balaban J connectivity index is 1.50. The highest BCUT2D eigenvalue weighted by Gasteiger charge is 2.21. The molecule has 35 heavy (non-hydrogen) atoms. The fraction of sp³-hybridized carbons (Fsp3) is 0.200. The Labute approximate surface area is 205 Å². The zero-order valence-corrected chi connectivity index (χ0v) is 19.7. The third kappa shape index (κ3) is 5.35. The Morgan fingerprint density at radius 2 is 1.54 bits per heavy atom. The maximum Gasteiger partial charge on any atom is 0.352 e. The van der Waals surface area contributed by atoms with Crippen molar-refractivity contribution in [2.24, 2.45) is 0 Å². The maximum absolute atomic E-state index is 11.1. The van der Waals surface area contributed by atoms with Gasteiger partial charge in [-0.3, -0.25) is 9.78 Å². The number of nitrogens with zero attached hydrogens (tertiary/aromatic N) is 1. The molecule has 0 unspecified atom stereocenters. The highest BCUT2D eigenvalue weighted by atomic mass is 17.2. The van der Waals surface area contributed by atoms with Gasteiger partial charge in [-0.2, -0.15) is 0 Å². The number of oxazole rings is 1. The lowest BCUT2D eigenvalue weighted by atomic mass is 9.86. The Morgan fingerprint density at radius 1 is 0.857 bits per heavy atom. The standard InChI is InChI=1S/C30H27NO4/c1-21(32)34-35-26-17-10-16-24(19-26)27-18-9-8-15-25(27)20-28-31-29(22-11-4-2-5-12-22)30(33-28)23-13-6-3-7-14-23/h2-7,10-14,16-17,19H,8-9,15,18,20H2,1H3. The largest absolute Gasteiger partial charge is 0.440 e. The molecule has 1 aromatic heterocycles. The van der Waals surface area contributed by atoms with Crippen LogP contribution in [0.1, 0.15) is 44.1 Å². The van der Waals surface area contributed by atoms with Gasteiger partial charge in [0.15, 0.2) is 17.4 Å². The second-order valence-corrected chi connectivity index (χ2v) is 8.67. The minimum atomic E-state index is -0.486. The van der Waals surface area contributed by atoms with Crippen LogP contribution in [0.3, 0.4) is 0 Å². The second-order valence-electron chi connectivity index (χ2n) is 8.67. The minimum absolute atomic E-state index is 0.486. The molecule has 1 aliphatic carbocycles. The molecule has 0 spiro atoms. The van der Waals surface area contributed by atoms with Gasteiger partial charge >= 0.3 is 5.97 Å². The second kappa shape index (κ2) is 10.4. The van der Waals surface area contributed by atoms with Gasteiger partial charge in [0.05, 0.1) is 0 Å². The van der Waals surface area contributed by atoms with Crippen molar-refractivity contribution in [3.05, 3.63) is 102 Å². The summed E-state index contributed by atoms with van der Waals surface area (Å²) in [6.07, 6.45) is 4.89. The van der Waals surface area contributed by atoms with Gasteiger partial charge in [-0.15, -0.1) is 0 Å². The van der Waals surface area contributed by atoms with Crippen molar-refractivity contribution in [2.45, 2.75) is 39.0 Å². The Bertz CT molecular complexity index is 1280. The minimum Gasteiger partial charge on any atom is -0.440 e. The number of hydrogen-bond acceptors (Lipinski definition) is 5. The fourth-order valence-corrected chi connectivity index (χ4v) is 4.55. The van der Waals surface area contributed by atoms with Crippen molar-refractivity contribution >= 4 is 11.5 Å². The smallest absolute Gasteiger partial charge is 0.352 e. The van der Waals surface area contributed by atoms with Crippen molar-refractivity contribution in [1.82, 2.24) is 4.98 Å². The summed E-state index contributed by atoms with van der Waals surface area (Å²) >= 11 is 0. The maximum atomic E-state index is 11.1. The first-order chi connectivity index (χ1) is 17.2. The molecule has 1 heterocycles. The van der Waals surface area contributed by atoms with E-state index in [0.717, 1.165) is 53.8 Å². The molecule has 0 fully saturated rings. The molecule has 3 aromatic carbocycles. The van der Waals surface area contributed by atoms with Crippen molar-refractivity contribution in [1.29, 1.82) is 0 Å². The van der Waals surface area contributed by atoms with Crippen molar-refractivity contribution in [2.75, 3.05) is 0 Å². The van der Waals surface area contributed by atoms with E-state index in [2.05, 4.69) is 30.3 Å². The van der Waals surface area contributed by atoms with Crippen molar-refractivity contribution in [3.63, 3.8) is 0 Å². The molecule has 0 saturated carbocycles. The molecule has 1 aliphatic rings. The molecule has 0 N–H and O–H groups in total. The summed E-state index contributed by atoms with van der Waals surface area (Å²) in [5, 5.41) is 0. The third-order valence-electron chi connectivity index (χ3n) is 6.14. The van der Waals surface area contributed by atoms with E-state index in [1.807, 2.05) is 48.5 Å². The van der Waals surface area contributed by atoms with Crippen LogP contribution in [0, 0.1) is 0 Å². The van der Waals surface area contributed by atoms with E-state index < -0.39 is 5.97 Å². The summed E-state index contributed by atoms with van der Waals surface area (Å²) in [7, 11) is 0. The van der Waals surface area contributed by atoms with Crippen LogP contribution in [-0.2, 0) is 16.1 Å². The molecule has 5 rings (SSSR count). The van der Waals surface area contributed by atoms with Crippen LogP contribution >= 0.6 is 0 Å². The Hall–Kier alpha value is -4.12. The summed E-state index contributed by atoms with van der Waals surface area (Å²) in [6, 6.07) is 28.0. The first-order valence-electron chi connectivity index (χ1n) is 11.9. The predicted octanol–water partition coefficient (Wildman–Crippen LogP) is 7.44. The molecule has 0 atom stereocenters. The average Bonchev–Trinajstić information content (AvgIpc) is 3.33. The topological polar surface area (TPSA) is 61.6 Å². The van der Waals surface area contributed by atoms with E-state index in [0.29, 0.717) is 18.1 Å². The van der Waals surface area contributed by atoms with Gasteiger partial charge in [-0.25, -0.2) is 9.78 Å². The first-order valence-corrected chi connectivity index (χ1v) is 11.9. The Kier molecular flexibility index (Phi) is 6.75. The van der Waals surface area contributed by atoms with Gasteiger partial charge in [0.2, 0.25) is 0 Å². The van der Waals surface area contributed by atoms with Gasteiger partial charge in [-0.05, 0) is 49.0 Å². The summed E-state index contributed by atoms with van der Waals surface area (Å²) in [6.45, 7) is 1.31. The number of rotatable bonds is 7. The number of hydrogen-bond donors (Lipinski definition) is 0. The molecule has 0 amide bonds. The van der Waals surface area contributed by atoms with Gasteiger partial charge in [0.1, 0.15) is 5.69 Å². The molecular formula is C30H27NO4. The van der Waals surface area contributed by atoms with E-state index in [9.17, 15) is 4.79 Å². The summed E-state index contributed by atoms with van der Waals surface area (Å²) < 4.78 is 6.40. The summed E-state index contributed by atoms with van der Waals surface area (Å²) in [5.74, 6) is 1.52. The number of carbonyl (C=O) groups is 1. The molecule has 5 nitrogen and oxygen atoms in total. The molecule has 176 valence electrons. The Morgan fingerprint density at radius 3 is 2.29 bits per heavy atom. The van der Waals surface area contributed by atoms with E-state index >= 15 is 0 Å². The predicted molar refractivity (Wildman–Crippen MR) is 135 cm³/mol. The van der Waals surface area contributed by atoms with Gasteiger partial charge < -0.3 is 4.42 Å². The molecule has 4 aromatic rings. The zero-order valence-electron chi connectivity index (χ0n) is 19.7. The molecule has 5 heteroatoms.